The molecule has 2 N–H and O–H groups in total. The van der Waals surface area contributed by atoms with E-state index < -0.39 is 0 Å². The van der Waals surface area contributed by atoms with E-state index in [9.17, 15) is 9.90 Å². The van der Waals surface area contributed by atoms with Crippen molar-refractivity contribution < 1.29 is 19.4 Å². The summed E-state index contributed by atoms with van der Waals surface area (Å²) in [6, 6.07) is 5.41. The molecule has 0 saturated heterocycles. The molecule has 110 valence electrons. The summed E-state index contributed by atoms with van der Waals surface area (Å²) in [6.45, 7) is 0. The summed E-state index contributed by atoms with van der Waals surface area (Å²) >= 11 is 1.60. The lowest BCUT2D eigenvalue weighted by Crippen LogP contribution is -2.22. The Morgan fingerprint density at radius 3 is 2.57 bits per heavy atom. The van der Waals surface area contributed by atoms with Crippen LogP contribution in [0.1, 0.15) is 22.8 Å². The van der Waals surface area contributed by atoms with Crippen LogP contribution in [0, 0.1) is 0 Å². The molecule has 0 fully saturated rings. The van der Waals surface area contributed by atoms with Gasteiger partial charge in [0.25, 0.3) is 0 Å². The number of benzene rings is 1. The predicted molar refractivity (Wildman–Crippen MR) is 80.6 cm³/mol. The molecule has 3 rings (SSSR count). The molecule has 21 heavy (non-hydrogen) atoms. The second-order valence-electron chi connectivity index (χ2n) is 4.78. The van der Waals surface area contributed by atoms with Crippen molar-refractivity contribution >= 4 is 22.9 Å². The molecule has 2 aromatic rings. The van der Waals surface area contributed by atoms with Crippen LogP contribution >= 0.6 is 11.3 Å². The highest BCUT2D eigenvalue weighted by atomic mass is 32.1. The third-order valence-corrected chi connectivity index (χ3v) is 4.61. The number of fused-ring (bicyclic) bond motifs is 1. The first kappa shape index (κ1) is 13.8. The van der Waals surface area contributed by atoms with Gasteiger partial charge in [0.05, 0.1) is 19.9 Å². The summed E-state index contributed by atoms with van der Waals surface area (Å²) in [4.78, 5) is 13.0. The van der Waals surface area contributed by atoms with E-state index in [1.807, 2.05) is 11.4 Å². The Balaban J connectivity index is 2.11. The van der Waals surface area contributed by atoms with Crippen LogP contribution in [0.4, 0.5) is 5.69 Å². The summed E-state index contributed by atoms with van der Waals surface area (Å²) in [6.07, 6.45) is 0.366. The molecule has 6 heteroatoms. The minimum Gasteiger partial charge on any atom is -0.502 e. The summed E-state index contributed by atoms with van der Waals surface area (Å²) in [7, 11) is 2.98. The van der Waals surface area contributed by atoms with Crippen LogP contribution in [0.25, 0.3) is 0 Å². The van der Waals surface area contributed by atoms with E-state index in [1.165, 1.54) is 14.2 Å². The van der Waals surface area contributed by atoms with E-state index in [0.29, 0.717) is 17.9 Å². The number of amides is 1. The third-order valence-electron chi connectivity index (χ3n) is 3.58. The van der Waals surface area contributed by atoms with Gasteiger partial charge in [0.15, 0.2) is 11.5 Å². The minimum absolute atomic E-state index is 0.0168. The quantitative estimate of drug-likeness (QED) is 0.915. The minimum atomic E-state index is -0.0582. The fourth-order valence-electron chi connectivity index (χ4n) is 2.56. The number of ether oxygens (including phenoxy) is 2. The van der Waals surface area contributed by atoms with Crippen LogP contribution < -0.4 is 14.8 Å². The summed E-state index contributed by atoms with van der Waals surface area (Å²) in [5, 5.41) is 14.8. The van der Waals surface area contributed by atoms with Crippen molar-refractivity contribution in [1.29, 1.82) is 0 Å². The van der Waals surface area contributed by atoms with Crippen molar-refractivity contribution in [3.05, 3.63) is 34.0 Å². The van der Waals surface area contributed by atoms with Crippen LogP contribution in [0.15, 0.2) is 23.6 Å². The molecule has 0 spiro atoms. The molecule has 0 radical (unpaired) electrons. The van der Waals surface area contributed by atoms with Crippen LogP contribution in [-0.2, 0) is 4.79 Å². The summed E-state index contributed by atoms with van der Waals surface area (Å²) in [5.74, 6) is 0.575. The first-order valence-corrected chi connectivity index (χ1v) is 7.34. The first-order chi connectivity index (χ1) is 10.1. The second-order valence-corrected chi connectivity index (χ2v) is 5.73. The molecule has 1 amide bonds. The molecular formula is C15H15NO4S. The van der Waals surface area contributed by atoms with Gasteiger partial charge in [-0.2, -0.15) is 0 Å². The lowest BCUT2D eigenvalue weighted by atomic mass is 9.90. The number of phenols is 1. The standard InChI is InChI=1S/C15H15NO4S/c1-19-11-5-8(6-12(20-2)14(11)18)9-7-13(17)16-10-3-4-21-15(9)10/h3-6,9,18H,7H2,1-2H3,(H,16,17)/t9-/m1/s1. The molecule has 0 bridgehead atoms. The molecular weight excluding hydrogens is 290 g/mol. The van der Waals surface area contributed by atoms with Crippen molar-refractivity contribution in [2.75, 3.05) is 19.5 Å². The molecule has 0 unspecified atom stereocenters. The number of hydrogen-bond acceptors (Lipinski definition) is 5. The van der Waals surface area contributed by atoms with Crippen molar-refractivity contribution in [3.63, 3.8) is 0 Å². The van der Waals surface area contributed by atoms with Gasteiger partial charge in [0, 0.05) is 17.2 Å². The van der Waals surface area contributed by atoms with Gasteiger partial charge < -0.3 is 19.9 Å². The fourth-order valence-corrected chi connectivity index (χ4v) is 3.54. The van der Waals surface area contributed by atoms with Crippen molar-refractivity contribution in [2.45, 2.75) is 12.3 Å². The van der Waals surface area contributed by atoms with Gasteiger partial charge in [-0.3, -0.25) is 4.79 Å². The van der Waals surface area contributed by atoms with Gasteiger partial charge in [-0.25, -0.2) is 0 Å². The maximum atomic E-state index is 11.9. The largest absolute Gasteiger partial charge is 0.502 e. The molecule has 1 aromatic heterocycles. The highest BCUT2D eigenvalue weighted by Gasteiger charge is 2.29. The number of aromatic hydroxyl groups is 1. The lowest BCUT2D eigenvalue weighted by Gasteiger charge is -2.24. The van der Waals surface area contributed by atoms with Gasteiger partial charge in [0.1, 0.15) is 0 Å². The van der Waals surface area contributed by atoms with E-state index in [-0.39, 0.29) is 17.6 Å². The van der Waals surface area contributed by atoms with Gasteiger partial charge >= 0.3 is 0 Å². The van der Waals surface area contributed by atoms with E-state index in [4.69, 9.17) is 9.47 Å². The highest BCUT2D eigenvalue weighted by molar-refractivity contribution is 7.10. The topological polar surface area (TPSA) is 67.8 Å². The van der Waals surface area contributed by atoms with Crippen LogP contribution in [0.5, 0.6) is 17.2 Å². The van der Waals surface area contributed by atoms with E-state index >= 15 is 0 Å². The van der Waals surface area contributed by atoms with Gasteiger partial charge in [-0.1, -0.05) is 0 Å². The highest BCUT2D eigenvalue weighted by Crippen LogP contribution is 2.45. The van der Waals surface area contributed by atoms with Gasteiger partial charge in [0.2, 0.25) is 11.7 Å². The Bertz CT molecular complexity index is 670. The SMILES string of the molecule is COc1cc([C@H]2CC(=O)Nc3ccsc32)cc(OC)c1O. The number of anilines is 1. The predicted octanol–water partition coefficient (Wildman–Crippen LogP) is 2.95. The average Bonchev–Trinajstić information content (AvgIpc) is 2.94. The smallest absolute Gasteiger partial charge is 0.225 e. The number of carbonyl (C=O) groups is 1. The fraction of sp³-hybridized carbons (Fsp3) is 0.267. The number of nitrogens with one attached hydrogen (secondary N) is 1. The lowest BCUT2D eigenvalue weighted by molar-refractivity contribution is -0.116. The van der Waals surface area contributed by atoms with Crippen LogP contribution in [0.2, 0.25) is 0 Å². The zero-order valence-corrected chi connectivity index (χ0v) is 12.5. The van der Waals surface area contributed by atoms with E-state index in [0.717, 1.165) is 16.1 Å². The summed E-state index contributed by atoms with van der Waals surface area (Å²) < 4.78 is 10.4. The monoisotopic (exact) mass is 305 g/mol. The van der Waals surface area contributed by atoms with E-state index in [1.54, 1.807) is 23.5 Å². The molecule has 2 heterocycles. The molecule has 1 aromatic carbocycles. The van der Waals surface area contributed by atoms with Crippen LogP contribution in [0.3, 0.4) is 0 Å². The third kappa shape index (κ3) is 2.31. The molecule has 1 atom stereocenters. The molecule has 0 aliphatic carbocycles. The van der Waals surface area contributed by atoms with E-state index in [2.05, 4.69) is 5.32 Å². The Kier molecular flexibility index (Phi) is 3.47. The number of carbonyl (C=O) groups excluding carboxylic acids is 1. The maximum absolute atomic E-state index is 11.9. The van der Waals surface area contributed by atoms with Crippen molar-refractivity contribution in [1.82, 2.24) is 0 Å². The zero-order valence-electron chi connectivity index (χ0n) is 11.7. The van der Waals surface area contributed by atoms with Crippen molar-refractivity contribution in [3.8, 4) is 17.2 Å². The number of thiophene rings is 1. The molecule has 1 aliphatic heterocycles. The number of rotatable bonds is 3. The number of phenolic OH excluding ortho intramolecular Hbond substituents is 1. The van der Waals surface area contributed by atoms with Gasteiger partial charge in [-0.05, 0) is 29.1 Å². The maximum Gasteiger partial charge on any atom is 0.225 e. The first-order valence-electron chi connectivity index (χ1n) is 6.46. The Hall–Kier alpha value is -2.21. The molecule has 0 saturated carbocycles. The van der Waals surface area contributed by atoms with Crippen LogP contribution in [-0.4, -0.2) is 25.2 Å². The van der Waals surface area contributed by atoms with Gasteiger partial charge in [-0.15, -0.1) is 11.3 Å². The molecule has 1 aliphatic rings. The Morgan fingerprint density at radius 2 is 1.95 bits per heavy atom. The summed E-state index contributed by atoms with van der Waals surface area (Å²) in [5.41, 5.74) is 1.74. The van der Waals surface area contributed by atoms with Crippen molar-refractivity contribution in [2.24, 2.45) is 0 Å². The normalized spacial score (nSPS) is 17.0. The second kappa shape index (κ2) is 5.29. The average molecular weight is 305 g/mol. The Labute approximate surface area is 126 Å². The number of methoxy groups -OCH3 is 2. The number of hydrogen-bond donors (Lipinski definition) is 2. The Morgan fingerprint density at radius 1 is 1.29 bits per heavy atom. The zero-order chi connectivity index (χ0) is 15.0. The molecule has 5 nitrogen and oxygen atoms in total.